The molecule has 0 amide bonds. The number of aromatic nitrogens is 4. The average Bonchev–Trinajstić information content (AvgIpc) is 2.85. The van der Waals surface area contributed by atoms with Crippen molar-refractivity contribution in [2.75, 3.05) is 0 Å². The lowest BCUT2D eigenvalue weighted by Gasteiger charge is -2.03. The number of pyridine rings is 2. The fourth-order valence-electron chi connectivity index (χ4n) is 3.60. The Morgan fingerprint density at radius 2 is 0.812 bits per heavy atom. The lowest BCUT2D eigenvalue weighted by atomic mass is 10.1. The quantitative estimate of drug-likeness (QED) is 0.387. The number of rotatable bonds is 4. The smallest absolute Gasteiger partial charge is 0.210 e. The van der Waals surface area contributed by atoms with Gasteiger partial charge in [-0.2, -0.15) is 9.13 Å². The fraction of sp³-hybridized carbons (Fsp3) is 0.0714. The molecule has 0 aliphatic rings. The highest BCUT2D eigenvalue weighted by Gasteiger charge is 2.10. The van der Waals surface area contributed by atoms with Crippen LogP contribution in [0.15, 0.2) is 110 Å². The van der Waals surface area contributed by atoms with Crippen LogP contribution < -0.4 is 9.13 Å². The van der Waals surface area contributed by atoms with Gasteiger partial charge in [-0.3, -0.25) is 9.97 Å². The van der Waals surface area contributed by atoms with E-state index < -0.39 is 0 Å². The number of hydrogen-bond donors (Lipinski definition) is 0. The fourth-order valence-corrected chi connectivity index (χ4v) is 3.60. The molecule has 0 aliphatic heterocycles. The minimum atomic E-state index is 0.857. The summed E-state index contributed by atoms with van der Waals surface area (Å²) in [6, 6.07) is 25.2. The first-order valence-corrected chi connectivity index (χ1v) is 10.7. The van der Waals surface area contributed by atoms with Gasteiger partial charge < -0.3 is 0 Å². The van der Waals surface area contributed by atoms with Crippen LogP contribution in [0.3, 0.4) is 0 Å². The first-order chi connectivity index (χ1) is 15.7. The lowest BCUT2D eigenvalue weighted by Crippen LogP contribution is -2.29. The number of aryl methyl sites for hydroxylation is 2. The maximum Gasteiger partial charge on any atom is 0.210 e. The lowest BCUT2D eigenvalue weighted by molar-refractivity contribution is -0.595. The minimum Gasteiger partial charge on any atom is -0.252 e. The Morgan fingerprint density at radius 3 is 1.12 bits per heavy atom. The van der Waals surface area contributed by atoms with Crippen LogP contribution in [0.2, 0.25) is 0 Å². The van der Waals surface area contributed by atoms with Crippen molar-refractivity contribution in [1.82, 2.24) is 9.97 Å². The van der Waals surface area contributed by atoms with E-state index in [0.717, 1.165) is 33.9 Å². The zero-order chi connectivity index (χ0) is 21.9. The van der Waals surface area contributed by atoms with Gasteiger partial charge in [0, 0.05) is 59.7 Å². The molecule has 0 radical (unpaired) electrons. The summed E-state index contributed by atoms with van der Waals surface area (Å²) in [7, 11) is 0. The Bertz CT molecular complexity index is 1210. The van der Waals surface area contributed by atoms with E-state index in [4.69, 9.17) is 0 Å². The third-order valence-corrected chi connectivity index (χ3v) is 5.57. The molecule has 0 atom stereocenters. The molecule has 3 heterocycles. The van der Waals surface area contributed by atoms with Gasteiger partial charge in [0.25, 0.3) is 0 Å². The van der Waals surface area contributed by atoms with Crippen LogP contribution in [0.1, 0.15) is 11.1 Å². The second-order valence-electron chi connectivity index (χ2n) is 7.95. The first-order valence-electron chi connectivity index (χ1n) is 10.7. The summed E-state index contributed by atoms with van der Waals surface area (Å²) >= 11 is 0. The highest BCUT2D eigenvalue weighted by atomic mass is 14.9. The Labute approximate surface area is 188 Å². The summed E-state index contributed by atoms with van der Waals surface area (Å²) in [5.41, 5.74) is 8.57. The van der Waals surface area contributed by atoms with Gasteiger partial charge >= 0.3 is 0 Å². The summed E-state index contributed by atoms with van der Waals surface area (Å²) in [5.74, 6) is 0. The Morgan fingerprint density at radius 1 is 0.469 bits per heavy atom. The topological polar surface area (TPSA) is 33.5 Å². The Kier molecular flexibility index (Phi) is 5.26. The van der Waals surface area contributed by atoms with Gasteiger partial charge in [0.2, 0.25) is 11.4 Å². The first kappa shape index (κ1) is 19.8. The summed E-state index contributed by atoms with van der Waals surface area (Å²) < 4.78 is 4.19. The highest BCUT2D eigenvalue weighted by Crippen LogP contribution is 2.19. The molecule has 32 heavy (non-hydrogen) atoms. The molecule has 5 aromatic rings. The van der Waals surface area contributed by atoms with E-state index in [9.17, 15) is 0 Å². The molecule has 0 N–H and O–H groups in total. The van der Waals surface area contributed by atoms with Crippen molar-refractivity contribution >= 4 is 0 Å². The van der Waals surface area contributed by atoms with Gasteiger partial charge in [0.1, 0.15) is 0 Å². The normalized spacial score (nSPS) is 10.8. The Balaban J connectivity index is 1.33. The molecular weight excluding hydrogens is 392 g/mol. The van der Waals surface area contributed by atoms with E-state index in [1.807, 2.05) is 12.4 Å². The summed E-state index contributed by atoms with van der Waals surface area (Å²) in [5, 5.41) is 0. The Hall–Kier alpha value is -4.18. The zero-order valence-corrected chi connectivity index (χ0v) is 18.2. The number of benzene rings is 2. The average molecular weight is 417 g/mol. The molecule has 4 heteroatoms. The van der Waals surface area contributed by atoms with Gasteiger partial charge in [-0.15, -0.1) is 0 Å². The van der Waals surface area contributed by atoms with Gasteiger partial charge in [0.15, 0.2) is 24.8 Å². The van der Waals surface area contributed by atoms with Crippen molar-refractivity contribution in [2.24, 2.45) is 0 Å². The molecule has 4 nitrogen and oxygen atoms in total. The second-order valence-corrected chi connectivity index (χ2v) is 7.95. The van der Waals surface area contributed by atoms with Crippen LogP contribution in [-0.2, 0) is 0 Å². The largest absolute Gasteiger partial charge is 0.252 e. The SMILES string of the molecule is Cc1ccc(-[n+]2ccc(-c3cnc(-c4cc[n+](-c5ccc(C)cc5)cc4)cn3)cc2)cc1. The van der Waals surface area contributed by atoms with Gasteiger partial charge in [-0.05, 0) is 13.8 Å². The van der Waals surface area contributed by atoms with Crippen LogP contribution >= 0.6 is 0 Å². The molecule has 0 spiro atoms. The molecule has 2 aromatic carbocycles. The van der Waals surface area contributed by atoms with E-state index in [0.29, 0.717) is 0 Å². The third-order valence-electron chi connectivity index (χ3n) is 5.57. The molecule has 0 aliphatic carbocycles. The predicted molar refractivity (Wildman–Crippen MR) is 125 cm³/mol. The van der Waals surface area contributed by atoms with Gasteiger partial charge in [-0.1, -0.05) is 35.4 Å². The maximum atomic E-state index is 4.65. The van der Waals surface area contributed by atoms with E-state index in [1.165, 1.54) is 11.1 Å². The summed E-state index contributed by atoms with van der Waals surface area (Å²) in [4.78, 5) is 9.30. The standard InChI is InChI=1S/C28H24N4/c1-21-3-7-25(8-4-21)31-15-11-23(12-16-31)27-19-30-28(20-29-27)24-13-17-32(18-14-24)26-9-5-22(2)6-10-26/h3-20H,1-2H3/q+2. The molecular formula is C28H24N4+2. The highest BCUT2D eigenvalue weighted by molar-refractivity contribution is 5.61. The van der Waals surface area contributed by atoms with E-state index in [2.05, 4.69) is 131 Å². The molecule has 0 saturated heterocycles. The van der Waals surface area contributed by atoms with E-state index in [1.54, 1.807) is 0 Å². The minimum absolute atomic E-state index is 0.857. The molecule has 0 saturated carbocycles. The number of hydrogen-bond acceptors (Lipinski definition) is 2. The monoisotopic (exact) mass is 416 g/mol. The predicted octanol–water partition coefficient (Wildman–Crippen LogP) is 4.98. The molecule has 0 bridgehead atoms. The van der Waals surface area contributed by atoms with Crippen LogP contribution in [0.5, 0.6) is 0 Å². The summed E-state index contributed by atoms with van der Waals surface area (Å²) in [6.07, 6.45) is 11.9. The maximum absolute atomic E-state index is 4.65. The van der Waals surface area contributed by atoms with Crippen molar-refractivity contribution in [3.8, 4) is 33.9 Å². The molecule has 0 unspecified atom stereocenters. The van der Waals surface area contributed by atoms with Crippen molar-refractivity contribution < 1.29 is 9.13 Å². The van der Waals surface area contributed by atoms with E-state index in [-0.39, 0.29) is 0 Å². The molecule has 154 valence electrons. The van der Waals surface area contributed by atoms with Crippen molar-refractivity contribution in [2.45, 2.75) is 13.8 Å². The van der Waals surface area contributed by atoms with Gasteiger partial charge in [-0.25, -0.2) is 0 Å². The molecule has 0 fully saturated rings. The molecule has 3 aromatic heterocycles. The van der Waals surface area contributed by atoms with Crippen LogP contribution in [0.25, 0.3) is 33.9 Å². The van der Waals surface area contributed by atoms with Crippen LogP contribution in [0.4, 0.5) is 0 Å². The number of nitrogens with zero attached hydrogens (tertiary/aromatic N) is 4. The zero-order valence-electron chi connectivity index (χ0n) is 18.2. The van der Waals surface area contributed by atoms with Crippen LogP contribution in [-0.4, -0.2) is 9.97 Å². The van der Waals surface area contributed by atoms with Crippen molar-refractivity contribution in [1.29, 1.82) is 0 Å². The summed E-state index contributed by atoms with van der Waals surface area (Å²) in [6.45, 7) is 4.19. The van der Waals surface area contributed by atoms with Gasteiger partial charge in [0.05, 0.1) is 23.8 Å². The second kappa shape index (κ2) is 8.52. The van der Waals surface area contributed by atoms with Crippen molar-refractivity contribution in [3.05, 3.63) is 121 Å². The van der Waals surface area contributed by atoms with Crippen molar-refractivity contribution in [3.63, 3.8) is 0 Å². The molecule has 5 rings (SSSR count). The van der Waals surface area contributed by atoms with E-state index >= 15 is 0 Å². The van der Waals surface area contributed by atoms with Crippen LogP contribution in [0, 0.1) is 13.8 Å². The third kappa shape index (κ3) is 4.16.